The quantitative estimate of drug-likeness (QED) is 0.930. The van der Waals surface area contributed by atoms with Crippen LogP contribution in [0.3, 0.4) is 0 Å². The van der Waals surface area contributed by atoms with Crippen LogP contribution in [0.4, 0.5) is 10.7 Å². The van der Waals surface area contributed by atoms with Crippen molar-refractivity contribution in [3.63, 3.8) is 0 Å². The van der Waals surface area contributed by atoms with Crippen molar-refractivity contribution in [2.24, 2.45) is 0 Å². The summed E-state index contributed by atoms with van der Waals surface area (Å²) in [4.78, 5) is 17.2. The number of piperazine rings is 1. The first-order valence-electron chi connectivity index (χ1n) is 8.27. The Morgan fingerprint density at radius 1 is 1.17 bits per heavy atom. The second-order valence-corrected chi connectivity index (χ2v) is 6.99. The van der Waals surface area contributed by atoms with Gasteiger partial charge in [-0.05, 0) is 49.5 Å². The Balaban J connectivity index is 1.72. The minimum absolute atomic E-state index is 0.0891. The van der Waals surface area contributed by atoms with Gasteiger partial charge in [0.15, 0.2) is 0 Å². The lowest BCUT2D eigenvalue weighted by molar-refractivity contribution is 0.0747. The zero-order valence-electron chi connectivity index (χ0n) is 14.7. The Bertz CT molecular complexity index is 747. The van der Waals surface area contributed by atoms with Crippen LogP contribution in [0.5, 0.6) is 0 Å². The molecule has 2 aromatic rings. The summed E-state index contributed by atoms with van der Waals surface area (Å²) in [6.07, 6.45) is 0. The Labute approximate surface area is 147 Å². The number of carbonyl (C=O) groups excluding carboxylic acids is 1. The van der Waals surface area contributed by atoms with Crippen molar-refractivity contribution < 1.29 is 4.79 Å². The Kier molecular flexibility index (Phi) is 4.76. The van der Waals surface area contributed by atoms with Crippen LogP contribution in [-0.2, 0) is 0 Å². The lowest BCUT2D eigenvalue weighted by Gasteiger charge is -2.37. The molecule has 6 heteroatoms. The molecule has 3 rings (SSSR count). The molecular formula is C18H24N4OS. The summed E-state index contributed by atoms with van der Waals surface area (Å²) in [6, 6.07) is 6.42. The number of anilines is 2. The van der Waals surface area contributed by atoms with Gasteiger partial charge in [-0.1, -0.05) is 12.1 Å². The molecule has 0 radical (unpaired) electrons. The smallest absolute Gasteiger partial charge is 0.258 e. The number of benzene rings is 1. The van der Waals surface area contributed by atoms with Gasteiger partial charge in [0.25, 0.3) is 5.91 Å². The molecule has 1 aromatic carbocycles. The highest BCUT2D eigenvalue weighted by Crippen LogP contribution is 2.27. The van der Waals surface area contributed by atoms with Gasteiger partial charge in [-0.15, -0.1) is 0 Å². The van der Waals surface area contributed by atoms with Crippen LogP contribution < -0.4 is 10.2 Å². The fourth-order valence-electron chi connectivity index (χ4n) is 3.18. The number of amides is 1. The number of aromatic nitrogens is 1. The Hall–Kier alpha value is -2.08. The summed E-state index contributed by atoms with van der Waals surface area (Å²) in [6.45, 7) is 9.42. The molecule has 1 N–H and O–H groups in total. The minimum Gasteiger partial charge on any atom is -0.378 e. The summed E-state index contributed by atoms with van der Waals surface area (Å²) in [5.74, 6) is 0.0891. The lowest BCUT2D eigenvalue weighted by Crippen LogP contribution is -2.49. The Morgan fingerprint density at radius 2 is 1.88 bits per heavy atom. The fourth-order valence-corrected chi connectivity index (χ4v) is 3.92. The molecule has 1 aliphatic rings. The van der Waals surface area contributed by atoms with Crippen LogP contribution in [0.2, 0.25) is 0 Å². The molecule has 128 valence electrons. The maximum atomic E-state index is 12.9. The number of aryl methyl sites for hydroxylation is 2. The molecule has 1 amide bonds. The molecule has 0 saturated carbocycles. The normalized spacial score (nSPS) is 14.8. The summed E-state index contributed by atoms with van der Waals surface area (Å²) < 4.78 is 4.31. The molecule has 0 atom stereocenters. The Morgan fingerprint density at radius 3 is 2.54 bits per heavy atom. The summed E-state index contributed by atoms with van der Waals surface area (Å²) in [7, 11) is 1.84. The van der Waals surface area contributed by atoms with Crippen molar-refractivity contribution in [3.05, 3.63) is 40.6 Å². The number of hydrogen-bond acceptors (Lipinski definition) is 5. The van der Waals surface area contributed by atoms with Gasteiger partial charge in [0.2, 0.25) is 0 Å². The van der Waals surface area contributed by atoms with Gasteiger partial charge in [-0.2, -0.15) is 4.37 Å². The van der Waals surface area contributed by atoms with E-state index in [0.717, 1.165) is 42.4 Å². The van der Waals surface area contributed by atoms with E-state index in [4.69, 9.17) is 0 Å². The van der Waals surface area contributed by atoms with Crippen LogP contribution in [0.25, 0.3) is 0 Å². The molecular weight excluding hydrogens is 320 g/mol. The second kappa shape index (κ2) is 6.81. The molecule has 0 bridgehead atoms. The van der Waals surface area contributed by atoms with E-state index in [9.17, 15) is 4.79 Å². The van der Waals surface area contributed by atoms with Gasteiger partial charge in [0.05, 0.1) is 11.3 Å². The van der Waals surface area contributed by atoms with Crippen LogP contribution in [0, 0.1) is 20.8 Å². The molecule has 1 fully saturated rings. The van der Waals surface area contributed by atoms with Crippen LogP contribution >= 0.6 is 11.5 Å². The van der Waals surface area contributed by atoms with E-state index in [2.05, 4.69) is 46.6 Å². The average molecular weight is 344 g/mol. The summed E-state index contributed by atoms with van der Waals surface area (Å²) >= 11 is 1.35. The van der Waals surface area contributed by atoms with Crippen LogP contribution in [0.1, 0.15) is 27.2 Å². The third-order valence-electron chi connectivity index (χ3n) is 4.79. The minimum atomic E-state index is 0.0891. The van der Waals surface area contributed by atoms with E-state index in [0.29, 0.717) is 0 Å². The standard InChI is InChI=1S/C18H24N4OS/c1-12-6-5-7-15(13(12)2)21-8-10-22(11-9-21)18(23)16-14(3)20-24-17(16)19-4/h5-7,19H,8-11H2,1-4H3. The lowest BCUT2D eigenvalue weighted by atomic mass is 10.1. The van der Waals surface area contributed by atoms with Crippen LogP contribution in [0.15, 0.2) is 18.2 Å². The van der Waals surface area contributed by atoms with Crippen molar-refractivity contribution in [1.82, 2.24) is 9.27 Å². The van der Waals surface area contributed by atoms with Gasteiger partial charge in [-0.25, -0.2) is 0 Å². The number of rotatable bonds is 3. The number of carbonyl (C=O) groups is 1. The highest BCUT2D eigenvalue weighted by Gasteiger charge is 2.27. The van der Waals surface area contributed by atoms with Gasteiger partial charge in [-0.3, -0.25) is 4.79 Å². The highest BCUT2D eigenvalue weighted by molar-refractivity contribution is 7.10. The molecule has 2 heterocycles. The maximum Gasteiger partial charge on any atom is 0.258 e. The molecule has 0 aliphatic carbocycles. The van der Waals surface area contributed by atoms with Gasteiger partial charge in [0.1, 0.15) is 5.00 Å². The zero-order valence-corrected chi connectivity index (χ0v) is 15.5. The molecule has 5 nitrogen and oxygen atoms in total. The van der Waals surface area contributed by atoms with E-state index in [1.807, 2.05) is 18.9 Å². The molecule has 1 aliphatic heterocycles. The number of hydrogen-bond donors (Lipinski definition) is 1. The van der Waals surface area contributed by atoms with E-state index in [-0.39, 0.29) is 5.91 Å². The highest BCUT2D eigenvalue weighted by atomic mass is 32.1. The zero-order chi connectivity index (χ0) is 17.3. The van der Waals surface area contributed by atoms with Gasteiger partial charge in [0, 0.05) is 38.9 Å². The summed E-state index contributed by atoms with van der Waals surface area (Å²) in [5, 5.41) is 3.94. The average Bonchev–Trinajstić information content (AvgIpc) is 2.97. The topological polar surface area (TPSA) is 48.5 Å². The third-order valence-corrected chi connectivity index (χ3v) is 5.74. The molecule has 0 spiro atoms. The van der Waals surface area contributed by atoms with Gasteiger partial charge >= 0.3 is 0 Å². The predicted molar refractivity (Wildman–Crippen MR) is 100 cm³/mol. The van der Waals surface area contributed by atoms with Crippen molar-refractivity contribution in [3.8, 4) is 0 Å². The summed E-state index contributed by atoms with van der Waals surface area (Å²) in [5.41, 5.74) is 5.46. The molecule has 0 unspecified atom stereocenters. The third kappa shape index (κ3) is 2.98. The number of nitrogens with zero attached hydrogens (tertiary/aromatic N) is 3. The maximum absolute atomic E-state index is 12.9. The predicted octanol–water partition coefficient (Wildman–Crippen LogP) is 3.07. The van der Waals surface area contributed by atoms with E-state index in [1.165, 1.54) is 28.3 Å². The van der Waals surface area contributed by atoms with Crippen LogP contribution in [-0.4, -0.2) is 48.4 Å². The largest absolute Gasteiger partial charge is 0.378 e. The van der Waals surface area contributed by atoms with Crippen molar-refractivity contribution >= 4 is 28.1 Å². The first kappa shape index (κ1) is 16.8. The van der Waals surface area contributed by atoms with Crippen molar-refractivity contribution in [1.29, 1.82) is 0 Å². The monoisotopic (exact) mass is 344 g/mol. The molecule has 1 saturated heterocycles. The van der Waals surface area contributed by atoms with Crippen molar-refractivity contribution in [2.75, 3.05) is 43.4 Å². The fraction of sp³-hybridized carbons (Fsp3) is 0.444. The second-order valence-electron chi connectivity index (χ2n) is 6.22. The molecule has 24 heavy (non-hydrogen) atoms. The molecule has 1 aromatic heterocycles. The first-order chi connectivity index (χ1) is 11.5. The van der Waals surface area contributed by atoms with Crippen molar-refractivity contribution in [2.45, 2.75) is 20.8 Å². The SMILES string of the molecule is CNc1snc(C)c1C(=O)N1CCN(c2cccc(C)c2C)CC1. The number of nitrogens with one attached hydrogen (secondary N) is 1. The van der Waals surface area contributed by atoms with E-state index >= 15 is 0 Å². The van der Waals surface area contributed by atoms with E-state index < -0.39 is 0 Å². The first-order valence-corrected chi connectivity index (χ1v) is 9.04. The van der Waals surface area contributed by atoms with E-state index in [1.54, 1.807) is 0 Å². The van der Waals surface area contributed by atoms with Gasteiger partial charge < -0.3 is 15.1 Å².